The van der Waals surface area contributed by atoms with Crippen LogP contribution in [0, 0.1) is 6.92 Å². The first kappa shape index (κ1) is 23.1. The highest BCUT2D eigenvalue weighted by molar-refractivity contribution is 5.85. The first-order valence-corrected chi connectivity index (χ1v) is 9.29. The topological polar surface area (TPSA) is 50.7 Å². The van der Waals surface area contributed by atoms with Gasteiger partial charge in [0.15, 0.2) is 0 Å². The molecule has 0 amide bonds. The Balaban J connectivity index is 0.00000364. The van der Waals surface area contributed by atoms with Crippen LogP contribution in [0.25, 0.3) is 0 Å². The molecular formula is C22H32ClNO3. The number of rotatable bonds is 9. The van der Waals surface area contributed by atoms with Crippen LogP contribution in [-0.2, 0) is 6.42 Å². The van der Waals surface area contributed by atoms with Crippen LogP contribution in [0.4, 0.5) is 0 Å². The Morgan fingerprint density at radius 2 is 1.81 bits per heavy atom. The number of para-hydroxylation sites is 1. The second-order valence-corrected chi connectivity index (χ2v) is 6.89. The van der Waals surface area contributed by atoms with Crippen molar-refractivity contribution in [3.05, 3.63) is 53.1 Å². The lowest BCUT2D eigenvalue weighted by Gasteiger charge is -2.24. The molecule has 0 aliphatic carbocycles. The van der Waals surface area contributed by atoms with Crippen molar-refractivity contribution >= 4 is 12.4 Å². The van der Waals surface area contributed by atoms with Gasteiger partial charge in [0, 0.05) is 18.5 Å². The number of hydrogen-bond acceptors (Lipinski definition) is 4. The van der Waals surface area contributed by atoms with Crippen LogP contribution in [-0.4, -0.2) is 31.4 Å². The zero-order valence-corrected chi connectivity index (χ0v) is 17.7. The number of methoxy groups -OCH3 is 1. The minimum atomic E-state index is -0.0345. The normalized spacial score (nSPS) is 11.8. The molecule has 0 aromatic heterocycles. The molecule has 5 heteroatoms. The molecule has 1 unspecified atom stereocenters. The van der Waals surface area contributed by atoms with Crippen molar-refractivity contribution in [2.45, 2.75) is 46.1 Å². The third-order valence-corrected chi connectivity index (χ3v) is 4.51. The number of aryl methyl sites for hydroxylation is 1. The highest BCUT2D eigenvalue weighted by Gasteiger charge is 2.18. The molecule has 1 atom stereocenters. The maximum atomic E-state index is 10.1. The molecule has 2 aromatic carbocycles. The number of nitrogens with one attached hydrogen (secondary N) is 1. The largest absolute Gasteiger partial charge is 0.508 e. The van der Waals surface area contributed by atoms with Crippen LogP contribution in [0.2, 0.25) is 0 Å². The van der Waals surface area contributed by atoms with Gasteiger partial charge in [-0.15, -0.1) is 12.4 Å². The molecule has 0 fully saturated rings. The Hall–Kier alpha value is -1.91. The van der Waals surface area contributed by atoms with E-state index < -0.39 is 0 Å². The Bertz CT molecular complexity index is 719. The SMILES string of the molecule is CCNCC(Cc1ccccc1OC)Oc1cc(C)c(O)cc1C(C)C.Cl. The highest BCUT2D eigenvalue weighted by Crippen LogP contribution is 2.34. The summed E-state index contributed by atoms with van der Waals surface area (Å²) in [6, 6.07) is 11.8. The number of phenols is 1. The van der Waals surface area contributed by atoms with Crippen molar-refractivity contribution in [3.63, 3.8) is 0 Å². The van der Waals surface area contributed by atoms with E-state index in [0.29, 0.717) is 5.75 Å². The van der Waals surface area contributed by atoms with Crippen LogP contribution in [0.15, 0.2) is 36.4 Å². The van der Waals surface area contributed by atoms with E-state index in [1.165, 1.54) is 0 Å². The van der Waals surface area contributed by atoms with Crippen LogP contribution >= 0.6 is 12.4 Å². The quantitative estimate of drug-likeness (QED) is 0.639. The van der Waals surface area contributed by atoms with E-state index in [4.69, 9.17) is 9.47 Å². The van der Waals surface area contributed by atoms with E-state index in [-0.39, 0.29) is 24.4 Å². The van der Waals surface area contributed by atoms with Gasteiger partial charge in [-0.05, 0) is 48.7 Å². The third-order valence-electron chi connectivity index (χ3n) is 4.51. The van der Waals surface area contributed by atoms with Gasteiger partial charge >= 0.3 is 0 Å². The first-order chi connectivity index (χ1) is 12.5. The third kappa shape index (κ3) is 6.33. The van der Waals surface area contributed by atoms with Crippen molar-refractivity contribution in [3.8, 4) is 17.2 Å². The number of phenolic OH excluding ortho intramolecular Hbond substituents is 1. The molecule has 0 saturated carbocycles. The summed E-state index contributed by atoms with van der Waals surface area (Å²) >= 11 is 0. The molecule has 2 N–H and O–H groups in total. The Morgan fingerprint density at radius 1 is 1.11 bits per heavy atom. The average Bonchev–Trinajstić information content (AvgIpc) is 2.62. The number of hydrogen-bond donors (Lipinski definition) is 2. The highest BCUT2D eigenvalue weighted by atomic mass is 35.5. The molecule has 2 rings (SSSR count). The van der Waals surface area contributed by atoms with Gasteiger partial charge in [0.05, 0.1) is 7.11 Å². The Kier molecular flexibility index (Phi) is 9.47. The molecule has 0 aliphatic heterocycles. The summed E-state index contributed by atoms with van der Waals surface area (Å²) in [7, 11) is 1.69. The van der Waals surface area contributed by atoms with E-state index in [0.717, 1.165) is 47.7 Å². The van der Waals surface area contributed by atoms with Gasteiger partial charge in [-0.3, -0.25) is 0 Å². The van der Waals surface area contributed by atoms with Crippen molar-refractivity contribution in [2.75, 3.05) is 20.2 Å². The molecule has 0 bridgehead atoms. The standard InChI is InChI=1S/C22H31NO3.ClH/c1-6-23-14-18(12-17-9-7-8-10-21(17)25-5)26-22-11-16(4)20(24)13-19(22)15(2)3;/h7-11,13,15,18,23-24H,6,12,14H2,1-5H3;1H. The fourth-order valence-electron chi connectivity index (χ4n) is 3.00. The molecular weight excluding hydrogens is 362 g/mol. The first-order valence-electron chi connectivity index (χ1n) is 9.29. The van der Waals surface area contributed by atoms with Gasteiger partial charge in [-0.2, -0.15) is 0 Å². The number of benzene rings is 2. The predicted octanol–water partition coefficient (Wildman–Crippen LogP) is 4.85. The van der Waals surface area contributed by atoms with Crippen LogP contribution < -0.4 is 14.8 Å². The summed E-state index contributed by atoms with van der Waals surface area (Å²) in [5, 5.41) is 13.5. The Morgan fingerprint density at radius 3 is 2.44 bits per heavy atom. The molecule has 150 valence electrons. The van der Waals surface area contributed by atoms with Crippen molar-refractivity contribution < 1.29 is 14.6 Å². The van der Waals surface area contributed by atoms with Crippen LogP contribution in [0.3, 0.4) is 0 Å². The van der Waals surface area contributed by atoms with E-state index in [9.17, 15) is 5.11 Å². The second-order valence-electron chi connectivity index (χ2n) is 6.89. The van der Waals surface area contributed by atoms with Gasteiger partial charge < -0.3 is 19.9 Å². The van der Waals surface area contributed by atoms with E-state index in [2.05, 4.69) is 32.2 Å². The molecule has 2 aromatic rings. The summed E-state index contributed by atoms with van der Waals surface area (Å²) in [6.45, 7) is 9.83. The fourth-order valence-corrected chi connectivity index (χ4v) is 3.00. The number of aromatic hydroxyl groups is 1. The molecule has 0 aliphatic rings. The summed E-state index contributed by atoms with van der Waals surface area (Å²) < 4.78 is 11.9. The van der Waals surface area contributed by atoms with E-state index >= 15 is 0 Å². The van der Waals surface area contributed by atoms with E-state index in [1.807, 2.05) is 37.3 Å². The monoisotopic (exact) mass is 393 g/mol. The molecule has 0 heterocycles. The minimum absolute atomic E-state index is 0. The summed E-state index contributed by atoms with van der Waals surface area (Å²) in [5.41, 5.74) is 2.97. The van der Waals surface area contributed by atoms with Crippen molar-refractivity contribution in [1.82, 2.24) is 5.32 Å². The summed E-state index contributed by atoms with van der Waals surface area (Å²) in [4.78, 5) is 0. The van der Waals surface area contributed by atoms with Gasteiger partial charge in [-0.25, -0.2) is 0 Å². The van der Waals surface area contributed by atoms with Gasteiger partial charge in [0.1, 0.15) is 23.4 Å². The molecule has 0 radical (unpaired) electrons. The molecule has 0 spiro atoms. The van der Waals surface area contributed by atoms with Gasteiger partial charge in [0.2, 0.25) is 0 Å². The Labute approximate surface area is 169 Å². The number of ether oxygens (including phenoxy) is 2. The molecule has 0 saturated heterocycles. The summed E-state index contributed by atoms with van der Waals surface area (Å²) in [5.74, 6) is 2.30. The lowest BCUT2D eigenvalue weighted by atomic mass is 9.99. The second kappa shape index (κ2) is 11.1. The smallest absolute Gasteiger partial charge is 0.123 e. The number of likely N-dealkylation sites (N-methyl/N-ethyl adjacent to an activating group) is 1. The lowest BCUT2D eigenvalue weighted by molar-refractivity contribution is 0.194. The predicted molar refractivity (Wildman–Crippen MR) is 114 cm³/mol. The van der Waals surface area contributed by atoms with Crippen molar-refractivity contribution in [1.29, 1.82) is 0 Å². The minimum Gasteiger partial charge on any atom is -0.508 e. The van der Waals surface area contributed by atoms with Gasteiger partial charge in [-0.1, -0.05) is 39.0 Å². The summed E-state index contributed by atoms with van der Waals surface area (Å²) in [6.07, 6.45) is 0.710. The average molecular weight is 394 g/mol. The zero-order chi connectivity index (χ0) is 19.1. The molecule has 27 heavy (non-hydrogen) atoms. The van der Waals surface area contributed by atoms with Crippen molar-refractivity contribution in [2.24, 2.45) is 0 Å². The van der Waals surface area contributed by atoms with Crippen LogP contribution in [0.1, 0.15) is 43.4 Å². The maximum Gasteiger partial charge on any atom is 0.123 e. The van der Waals surface area contributed by atoms with E-state index in [1.54, 1.807) is 7.11 Å². The zero-order valence-electron chi connectivity index (χ0n) is 16.9. The van der Waals surface area contributed by atoms with Gasteiger partial charge in [0.25, 0.3) is 0 Å². The fraction of sp³-hybridized carbons (Fsp3) is 0.455. The number of halogens is 1. The lowest BCUT2D eigenvalue weighted by Crippen LogP contribution is -2.33. The van der Waals surface area contributed by atoms with Crippen LogP contribution in [0.5, 0.6) is 17.2 Å². The molecule has 4 nitrogen and oxygen atoms in total. The maximum absolute atomic E-state index is 10.1.